The smallest absolute Gasteiger partial charge is 0.366 e. The fourth-order valence-electron chi connectivity index (χ4n) is 6.11. The maximum absolute atomic E-state index is 14.4. The lowest BCUT2D eigenvalue weighted by Crippen LogP contribution is -2.47. The van der Waals surface area contributed by atoms with Gasteiger partial charge in [-0.2, -0.15) is 17.5 Å². The molecule has 0 radical (unpaired) electrons. The Balaban J connectivity index is 1.23. The highest BCUT2D eigenvalue weighted by atomic mass is 32.2. The lowest BCUT2D eigenvalue weighted by atomic mass is 10.1. The Morgan fingerprint density at radius 1 is 0.898 bits per heavy atom. The highest BCUT2D eigenvalue weighted by molar-refractivity contribution is 7.89. The Morgan fingerprint density at radius 2 is 1.59 bits per heavy atom. The maximum Gasteiger partial charge on any atom is 0.416 e. The van der Waals surface area contributed by atoms with Gasteiger partial charge in [0.2, 0.25) is 21.9 Å². The molecule has 1 N–H and O–H groups in total. The van der Waals surface area contributed by atoms with Gasteiger partial charge >= 0.3 is 6.18 Å². The van der Waals surface area contributed by atoms with Crippen molar-refractivity contribution < 1.29 is 35.2 Å². The highest BCUT2D eigenvalue weighted by Crippen LogP contribution is 2.32. The molecule has 2 aliphatic heterocycles. The first-order chi connectivity index (χ1) is 23.3. The summed E-state index contributed by atoms with van der Waals surface area (Å²) in [5, 5.41) is 2.77. The van der Waals surface area contributed by atoms with Crippen molar-refractivity contribution in [2.45, 2.75) is 43.4 Å². The van der Waals surface area contributed by atoms with Crippen LogP contribution in [0.1, 0.15) is 29.7 Å². The number of para-hydroxylation sites is 1. The molecule has 3 aromatic carbocycles. The molecule has 0 bridgehead atoms. The maximum atomic E-state index is 14.4. The average molecular weight is 701 g/mol. The highest BCUT2D eigenvalue weighted by Gasteiger charge is 2.40. The van der Waals surface area contributed by atoms with Crippen molar-refractivity contribution in [1.82, 2.24) is 19.6 Å². The number of nitrogens with zero attached hydrogens (tertiary/aromatic N) is 5. The molecule has 9 nitrogen and oxygen atoms in total. The van der Waals surface area contributed by atoms with E-state index in [1.807, 2.05) is 9.80 Å². The van der Waals surface area contributed by atoms with Crippen molar-refractivity contribution in [3.05, 3.63) is 101 Å². The molecular weight excluding hydrogens is 667 g/mol. The Morgan fingerprint density at radius 3 is 2.29 bits per heavy atom. The van der Waals surface area contributed by atoms with Crippen molar-refractivity contribution in [2.75, 3.05) is 42.5 Å². The summed E-state index contributed by atoms with van der Waals surface area (Å²) in [6, 6.07) is 15.0. The number of aryl methyl sites for hydroxylation is 1. The predicted octanol–water partition coefficient (Wildman–Crippen LogP) is 5.55. The molecule has 3 heterocycles. The van der Waals surface area contributed by atoms with Gasteiger partial charge in [-0.05, 0) is 67.8 Å². The lowest BCUT2D eigenvalue weighted by Gasteiger charge is -2.36. The molecule has 1 atom stereocenters. The predicted molar refractivity (Wildman–Crippen MR) is 173 cm³/mol. The van der Waals surface area contributed by atoms with Crippen molar-refractivity contribution in [1.29, 1.82) is 0 Å². The summed E-state index contributed by atoms with van der Waals surface area (Å²) >= 11 is 0. The third-order valence-electron chi connectivity index (χ3n) is 8.72. The molecule has 2 fully saturated rings. The van der Waals surface area contributed by atoms with Crippen LogP contribution in [0.2, 0.25) is 0 Å². The molecule has 49 heavy (non-hydrogen) atoms. The number of carbonyl (C=O) groups is 1. The molecule has 258 valence electrons. The number of rotatable bonds is 8. The van der Waals surface area contributed by atoms with Gasteiger partial charge in [0, 0.05) is 38.3 Å². The molecule has 0 aliphatic carbocycles. The molecule has 0 saturated carbocycles. The van der Waals surface area contributed by atoms with Gasteiger partial charge in [0.15, 0.2) is 0 Å². The van der Waals surface area contributed by atoms with Gasteiger partial charge in [0.1, 0.15) is 17.7 Å². The van der Waals surface area contributed by atoms with E-state index in [4.69, 9.17) is 0 Å². The van der Waals surface area contributed by atoms with Crippen molar-refractivity contribution in [3.63, 3.8) is 0 Å². The van der Waals surface area contributed by atoms with Crippen LogP contribution in [0.15, 0.2) is 77.7 Å². The van der Waals surface area contributed by atoms with E-state index >= 15 is 0 Å². The molecule has 1 amide bonds. The van der Waals surface area contributed by atoms with Crippen LogP contribution in [0.5, 0.6) is 0 Å². The number of amides is 1. The summed E-state index contributed by atoms with van der Waals surface area (Å²) in [7, 11) is -4.18. The number of nitrogens with one attached hydrogen (secondary N) is 1. The molecule has 2 saturated heterocycles. The van der Waals surface area contributed by atoms with Crippen LogP contribution in [0, 0.1) is 18.6 Å². The number of aromatic nitrogens is 2. The average Bonchev–Trinajstić information content (AvgIpc) is 3.60. The first kappa shape index (κ1) is 34.2. The largest absolute Gasteiger partial charge is 0.416 e. The monoisotopic (exact) mass is 700 g/mol. The molecule has 4 aromatic rings. The lowest BCUT2D eigenvalue weighted by molar-refractivity contribution is -0.137. The second kappa shape index (κ2) is 13.7. The van der Waals surface area contributed by atoms with Gasteiger partial charge < -0.3 is 15.1 Å². The van der Waals surface area contributed by atoms with Crippen LogP contribution in [-0.2, 0) is 27.5 Å². The van der Waals surface area contributed by atoms with E-state index in [1.165, 1.54) is 30.3 Å². The number of hydrogen-bond donors (Lipinski definition) is 1. The Labute approximate surface area is 280 Å². The number of carbonyl (C=O) groups excluding carboxylic acids is 1. The summed E-state index contributed by atoms with van der Waals surface area (Å²) in [5.74, 6) is -1.33. The molecule has 2 aliphatic rings. The van der Waals surface area contributed by atoms with Gasteiger partial charge in [-0.3, -0.25) is 4.79 Å². The van der Waals surface area contributed by atoms with Crippen molar-refractivity contribution in [3.8, 4) is 11.3 Å². The molecular formula is C34H33F5N6O3S. The third kappa shape index (κ3) is 7.37. The first-order valence-corrected chi connectivity index (χ1v) is 17.1. The zero-order valence-electron chi connectivity index (χ0n) is 26.4. The van der Waals surface area contributed by atoms with Crippen LogP contribution in [0.4, 0.5) is 33.6 Å². The van der Waals surface area contributed by atoms with Crippen LogP contribution >= 0.6 is 0 Å². The Bertz CT molecular complexity index is 1950. The number of anilines is 2. The van der Waals surface area contributed by atoms with Gasteiger partial charge in [0.05, 0.1) is 34.1 Å². The van der Waals surface area contributed by atoms with Gasteiger partial charge in [0.25, 0.3) is 0 Å². The number of benzene rings is 3. The molecule has 1 aromatic heterocycles. The number of sulfonamides is 1. The van der Waals surface area contributed by atoms with Crippen LogP contribution in [-0.4, -0.2) is 67.4 Å². The van der Waals surface area contributed by atoms with Gasteiger partial charge in [-0.1, -0.05) is 30.3 Å². The van der Waals surface area contributed by atoms with E-state index in [2.05, 4.69) is 15.3 Å². The summed E-state index contributed by atoms with van der Waals surface area (Å²) < 4.78 is 96.2. The fourth-order valence-corrected chi connectivity index (χ4v) is 8.01. The quantitative estimate of drug-likeness (QED) is 0.241. The number of halogens is 5. The van der Waals surface area contributed by atoms with Gasteiger partial charge in [-0.25, -0.2) is 27.2 Å². The van der Waals surface area contributed by atoms with Crippen LogP contribution in [0.3, 0.4) is 0 Å². The zero-order valence-corrected chi connectivity index (χ0v) is 27.2. The minimum atomic E-state index is -4.52. The topological polar surface area (TPSA) is 98.7 Å². The van der Waals surface area contributed by atoms with E-state index in [-0.39, 0.29) is 36.2 Å². The van der Waals surface area contributed by atoms with E-state index in [9.17, 15) is 35.2 Å². The van der Waals surface area contributed by atoms with E-state index in [0.29, 0.717) is 60.8 Å². The second-order valence-electron chi connectivity index (χ2n) is 11.9. The van der Waals surface area contributed by atoms with E-state index in [1.54, 1.807) is 31.2 Å². The minimum absolute atomic E-state index is 0.0883. The molecule has 15 heteroatoms. The normalized spacial score (nSPS) is 17.4. The zero-order chi connectivity index (χ0) is 34.9. The Hall–Kier alpha value is -4.63. The summed E-state index contributed by atoms with van der Waals surface area (Å²) in [6.07, 6.45) is -3.82. The third-order valence-corrected chi connectivity index (χ3v) is 10.8. The number of piperazine rings is 1. The van der Waals surface area contributed by atoms with E-state index < -0.39 is 39.5 Å². The van der Waals surface area contributed by atoms with Crippen molar-refractivity contribution in [2.24, 2.45) is 0 Å². The number of alkyl halides is 3. The van der Waals surface area contributed by atoms with Crippen LogP contribution < -0.4 is 15.1 Å². The SMILES string of the molecule is Cc1ccc(F)cc1S(=O)(=O)N1CCCC1C(=O)NCc1cc(-c2ccc(C(F)(F)F)cc2)nc(N2CCN(c3ccccc3F)CC2)n1. The van der Waals surface area contributed by atoms with E-state index in [0.717, 1.165) is 22.5 Å². The molecule has 1 unspecified atom stereocenters. The van der Waals surface area contributed by atoms with Crippen molar-refractivity contribution >= 4 is 27.6 Å². The number of hydrogen-bond acceptors (Lipinski definition) is 7. The van der Waals surface area contributed by atoms with Crippen LogP contribution in [0.25, 0.3) is 11.3 Å². The Kier molecular flexibility index (Phi) is 9.58. The summed E-state index contributed by atoms with van der Waals surface area (Å²) in [4.78, 5) is 26.3. The standard InChI is InChI=1S/C34H33F5N6O3S/c1-22-8-13-25(35)19-31(22)49(47,48)45-14-4-7-30(45)32(46)40-21-26-20-28(23-9-11-24(12-10-23)34(37,38)39)42-33(41-26)44-17-15-43(16-18-44)29-6-3-2-5-27(29)36/h2-3,5-6,8-13,19-20,30H,4,7,14-18,21H2,1H3,(H,40,46). The summed E-state index contributed by atoms with van der Waals surface area (Å²) in [5.41, 5.74) is 1.08. The fraction of sp³-hybridized carbons (Fsp3) is 0.324. The van der Waals surface area contributed by atoms with Gasteiger partial charge in [-0.15, -0.1) is 0 Å². The first-order valence-electron chi connectivity index (χ1n) is 15.7. The molecule has 0 spiro atoms. The summed E-state index contributed by atoms with van der Waals surface area (Å²) in [6.45, 7) is 3.27. The minimum Gasteiger partial charge on any atom is -0.366 e. The second-order valence-corrected chi connectivity index (χ2v) is 13.8. The molecule has 6 rings (SSSR count).